The third-order valence-corrected chi connectivity index (χ3v) is 9.29. The molecule has 1 unspecified atom stereocenters. The molecule has 15 heteroatoms. The summed E-state index contributed by atoms with van der Waals surface area (Å²) in [5.41, 5.74) is 3.90. The quantitative estimate of drug-likeness (QED) is 0.0882. The highest BCUT2D eigenvalue weighted by atomic mass is 32.2. The summed E-state index contributed by atoms with van der Waals surface area (Å²) in [6.45, 7) is 4.47. The van der Waals surface area contributed by atoms with Crippen molar-refractivity contribution in [3.8, 4) is 16.9 Å². The van der Waals surface area contributed by atoms with Gasteiger partial charge < -0.3 is 24.8 Å². The van der Waals surface area contributed by atoms with Crippen molar-refractivity contribution in [2.45, 2.75) is 24.0 Å². The van der Waals surface area contributed by atoms with Gasteiger partial charge in [0, 0.05) is 39.3 Å². The molecule has 4 N–H and O–H groups in total. The molecule has 0 aliphatic carbocycles. The van der Waals surface area contributed by atoms with E-state index in [1.807, 2.05) is 30.3 Å². The summed E-state index contributed by atoms with van der Waals surface area (Å²) in [4.78, 5) is 33.0. The first-order valence-electron chi connectivity index (χ1n) is 15.6. The van der Waals surface area contributed by atoms with Crippen molar-refractivity contribution < 1.29 is 42.3 Å². The van der Waals surface area contributed by atoms with Crippen LogP contribution < -0.4 is 20.9 Å². The predicted octanol–water partition coefficient (Wildman–Crippen LogP) is 2.40. The number of rotatable bonds is 18. The van der Waals surface area contributed by atoms with Gasteiger partial charge in [-0.15, -0.1) is 0 Å². The van der Waals surface area contributed by atoms with Crippen LogP contribution in [0.1, 0.15) is 12.0 Å². The Morgan fingerprint density at radius 1 is 0.938 bits per heavy atom. The maximum atomic E-state index is 14.0. The van der Waals surface area contributed by atoms with Crippen LogP contribution in [0.2, 0.25) is 0 Å². The standard InChI is InChI=1S/C33H43N5O9S/c1-44-29-11-7-27(8-12-29)28-9-13-30(14-10-28)48(42,43)38(47-24-23-45-22-21-37-19-17-34-18-20-37)31(32(39)36-41)15-16-35-33(40)46-25-26-5-3-2-4-6-26/h2-14,31,34,41H,15-25H2,1H3,(H,35,40)(H,36,39). The number of amides is 2. The van der Waals surface area contributed by atoms with Gasteiger partial charge in [0.15, 0.2) is 0 Å². The monoisotopic (exact) mass is 685 g/mol. The summed E-state index contributed by atoms with van der Waals surface area (Å²) in [7, 11) is -2.90. The van der Waals surface area contributed by atoms with Crippen molar-refractivity contribution >= 4 is 22.0 Å². The number of benzene rings is 3. The van der Waals surface area contributed by atoms with Gasteiger partial charge in [0.2, 0.25) is 0 Å². The smallest absolute Gasteiger partial charge is 0.407 e. The van der Waals surface area contributed by atoms with E-state index in [9.17, 15) is 23.2 Å². The van der Waals surface area contributed by atoms with Gasteiger partial charge in [0.25, 0.3) is 15.9 Å². The lowest BCUT2D eigenvalue weighted by Crippen LogP contribution is -2.50. The van der Waals surface area contributed by atoms with Crippen molar-refractivity contribution in [3.63, 3.8) is 0 Å². The molecule has 0 aromatic heterocycles. The fourth-order valence-electron chi connectivity index (χ4n) is 4.94. The van der Waals surface area contributed by atoms with Crippen molar-refractivity contribution in [2.75, 3.05) is 66.2 Å². The molecule has 4 rings (SSSR count). The Morgan fingerprint density at radius 2 is 1.60 bits per heavy atom. The van der Waals surface area contributed by atoms with Gasteiger partial charge in [-0.05, 0) is 47.4 Å². The number of carbonyl (C=O) groups excluding carboxylic acids is 2. The summed E-state index contributed by atoms with van der Waals surface area (Å²) in [6.07, 6.45) is -1.01. The zero-order valence-corrected chi connectivity index (χ0v) is 27.7. The second-order valence-corrected chi connectivity index (χ2v) is 12.6. The van der Waals surface area contributed by atoms with Crippen LogP contribution in [0.25, 0.3) is 11.1 Å². The number of piperazine rings is 1. The minimum Gasteiger partial charge on any atom is -0.497 e. The first kappa shape index (κ1) is 36.7. The molecule has 260 valence electrons. The first-order chi connectivity index (χ1) is 23.3. The van der Waals surface area contributed by atoms with Crippen LogP contribution in [-0.4, -0.2) is 107 Å². The molecule has 0 spiro atoms. The number of nitrogens with zero attached hydrogens (tertiary/aromatic N) is 2. The Hall–Kier alpha value is -4.09. The lowest BCUT2D eigenvalue weighted by atomic mass is 10.1. The number of hydroxylamine groups is 2. The molecule has 1 atom stereocenters. The van der Waals surface area contributed by atoms with Crippen molar-refractivity contribution in [2.24, 2.45) is 0 Å². The highest BCUT2D eigenvalue weighted by Gasteiger charge is 2.37. The van der Waals surface area contributed by atoms with Crippen LogP contribution in [0.5, 0.6) is 5.75 Å². The summed E-state index contributed by atoms with van der Waals surface area (Å²) in [5.74, 6) is -0.363. The summed E-state index contributed by atoms with van der Waals surface area (Å²) < 4.78 is 44.6. The first-order valence-corrected chi connectivity index (χ1v) is 17.1. The van der Waals surface area contributed by atoms with Gasteiger partial charge in [-0.1, -0.05) is 59.1 Å². The van der Waals surface area contributed by atoms with Gasteiger partial charge in [-0.25, -0.2) is 18.7 Å². The van der Waals surface area contributed by atoms with Crippen molar-refractivity contribution in [1.29, 1.82) is 0 Å². The van der Waals surface area contributed by atoms with E-state index in [0.29, 0.717) is 23.4 Å². The molecular formula is C33H43N5O9S. The number of alkyl carbamates (subject to hydrolysis) is 1. The molecule has 3 aromatic rings. The average Bonchev–Trinajstić information content (AvgIpc) is 3.13. The molecule has 1 fully saturated rings. The fraction of sp³-hybridized carbons (Fsp3) is 0.394. The molecule has 0 bridgehead atoms. The normalized spacial score (nSPS) is 14.3. The average molecular weight is 686 g/mol. The van der Waals surface area contributed by atoms with Gasteiger partial charge in [0.05, 0.1) is 31.8 Å². The molecule has 3 aromatic carbocycles. The van der Waals surface area contributed by atoms with E-state index >= 15 is 0 Å². The van der Waals surface area contributed by atoms with Crippen LogP contribution in [0.4, 0.5) is 4.79 Å². The third-order valence-electron chi connectivity index (χ3n) is 7.59. The Kier molecular flexibility index (Phi) is 14.6. The van der Waals surface area contributed by atoms with E-state index in [1.54, 1.807) is 43.5 Å². The van der Waals surface area contributed by atoms with E-state index < -0.39 is 28.1 Å². The van der Waals surface area contributed by atoms with Gasteiger partial charge in [0.1, 0.15) is 18.4 Å². The zero-order chi connectivity index (χ0) is 34.2. The summed E-state index contributed by atoms with van der Waals surface area (Å²) in [5, 5.41) is 15.3. The van der Waals surface area contributed by atoms with Gasteiger partial charge in [-0.3, -0.25) is 19.7 Å². The largest absolute Gasteiger partial charge is 0.497 e. The SMILES string of the molecule is COc1ccc(-c2ccc(S(=O)(=O)N(OCCOCCN3CCNCC3)C(CCNC(=O)OCc3ccccc3)C(=O)NO)cc2)cc1. The van der Waals surface area contributed by atoms with Crippen molar-refractivity contribution in [1.82, 2.24) is 25.5 Å². The highest BCUT2D eigenvalue weighted by Crippen LogP contribution is 2.26. The zero-order valence-electron chi connectivity index (χ0n) is 26.9. The molecule has 1 heterocycles. The summed E-state index contributed by atoms with van der Waals surface area (Å²) in [6, 6.07) is 20.9. The lowest BCUT2D eigenvalue weighted by molar-refractivity contribution is -0.159. The van der Waals surface area contributed by atoms with E-state index in [2.05, 4.69) is 15.5 Å². The maximum Gasteiger partial charge on any atom is 0.407 e. The topological polar surface area (TPSA) is 168 Å². The van der Waals surface area contributed by atoms with E-state index in [4.69, 9.17) is 19.0 Å². The van der Waals surface area contributed by atoms with Crippen LogP contribution in [0.3, 0.4) is 0 Å². The molecular weight excluding hydrogens is 642 g/mol. The number of carbonyl (C=O) groups is 2. The number of sulfonamides is 1. The third kappa shape index (κ3) is 11.0. The molecule has 0 radical (unpaired) electrons. The summed E-state index contributed by atoms with van der Waals surface area (Å²) >= 11 is 0. The molecule has 48 heavy (non-hydrogen) atoms. The van der Waals surface area contributed by atoms with Crippen LogP contribution >= 0.6 is 0 Å². The number of methoxy groups -OCH3 is 1. The molecule has 1 aliphatic rings. The van der Waals surface area contributed by atoms with E-state index in [1.165, 1.54) is 17.6 Å². The molecule has 1 saturated heterocycles. The van der Waals surface area contributed by atoms with Crippen molar-refractivity contribution in [3.05, 3.63) is 84.4 Å². The van der Waals surface area contributed by atoms with E-state index in [-0.39, 0.29) is 37.7 Å². The number of hydrogen-bond acceptors (Lipinski definition) is 11. The molecule has 2 amide bonds. The predicted molar refractivity (Wildman–Crippen MR) is 176 cm³/mol. The Balaban J connectivity index is 1.44. The van der Waals surface area contributed by atoms with Crippen LogP contribution in [0.15, 0.2) is 83.8 Å². The lowest BCUT2D eigenvalue weighted by Gasteiger charge is -2.29. The Morgan fingerprint density at radius 3 is 2.25 bits per heavy atom. The minimum atomic E-state index is -4.47. The second kappa shape index (κ2) is 19.0. The van der Waals surface area contributed by atoms with Gasteiger partial charge in [-0.2, -0.15) is 0 Å². The highest BCUT2D eigenvalue weighted by molar-refractivity contribution is 7.89. The number of nitrogens with one attached hydrogen (secondary N) is 3. The van der Waals surface area contributed by atoms with E-state index in [0.717, 1.165) is 42.9 Å². The van der Waals surface area contributed by atoms with Crippen LogP contribution in [-0.2, 0) is 35.7 Å². The molecule has 14 nitrogen and oxygen atoms in total. The molecule has 1 aliphatic heterocycles. The minimum absolute atomic E-state index is 0.0258. The van der Waals surface area contributed by atoms with Crippen LogP contribution in [0, 0.1) is 0 Å². The second-order valence-electron chi connectivity index (χ2n) is 10.8. The Labute approximate surface area is 280 Å². The number of hydrogen-bond donors (Lipinski definition) is 4. The van der Waals surface area contributed by atoms with Gasteiger partial charge >= 0.3 is 6.09 Å². The molecule has 0 saturated carbocycles. The Bertz CT molecular complexity index is 1520. The fourth-order valence-corrected chi connectivity index (χ4v) is 6.38. The maximum absolute atomic E-state index is 14.0. The number of ether oxygens (including phenoxy) is 3.